The molecule has 0 bridgehead atoms. The molecule has 0 spiro atoms. The number of anilines is 1. The molecule has 0 aliphatic carbocycles. The van der Waals surface area contributed by atoms with Crippen molar-refractivity contribution in [1.29, 1.82) is 0 Å². The van der Waals surface area contributed by atoms with Crippen molar-refractivity contribution in [3.8, 4) is 0 Å². The smallest absolute Gasteiger partial charge is 0.262 e. The van der Waals surface area contributed by atoms with Gasteiger partial charge in [-0.1, -0.05) is 0 Å². The van der Waals surface area contributed by atoms with Crippen LogP contribution in [-0.4, -0.2) is 18.2 Å². The second-order valence-corrected chi connectivity index (χ2v) is 6.55. The van der Waals surface area contributed by atoms with Crippen molar-refractivity contribution < 1.29 is 12.8 Å². The summed E-state index contributed by atoms with van der Waals surface area (Å²) in [5.41, 5.74) is 5.88. The monoisotopic (exact) mass is 312 g/mol. The number of hydrogen-bond acceptors (Lipinski definition) is 4. The largest absolute Gasteiger partial charge is 0.326 e. The molecule has 6 nitrogen and oxygen atoms in total. The first-order chi connectivity index (χ1) is 9.83. The Morgan fingerprint density at radius 1 is 1.43 bits per heavy atom. The summed E-state index contributed by atoms with van der Waals surface area (Å²) < 4.78 is 41.9. The van der Waals surface area contributed by atoms with Gasteiger partial charge in [-0.25, -0.2) is 12.8 Å². The lowest BCUT2D eigenvalue weighted by molar-refractivity contribution is 0.532. The minimum absolute atomic E-state index is 0.0401. The zero-order valence-corrected chi connectivity index (χ0v) is 12.6. The molecule has 0 fully saturated rings. The zero-order valence-electron chi connectivity index (χ0n) is 11.7. The number of halogens is 1. The van der Waals surface area contributed by atoms with Crippen LogP contribution in [0.5, 0.6) is 0 Å². The van der Waals surface area contributed by atoms with E-state index < -0.39 is 15.8 Å². The highest BCUT2D eigenvalue weighted by atomic mass is 32.2. The summed E-state index contributed by atoms with van der Waals surface area (Å²) >= 11 is 0. The Balaban J connectivity index is 2.29. The number of nitrogens with one attached hydrogen (secondary N) is 1. The van der Waals surface area contributed by atoms with Crippen LogP contribution >= 0.6 is 0 Å². The number of benzene rings is 1. The van der Waals surface area contributed by atoms with E-state index in [0.717, 1.165) is 6.07 Å². The van der Waals surface area contributed by atoms with Gasteiger partial charge in [0.05, 0.1) is 16.8 Å². The number of rotatable bonds is 5. The van der Waals surface area contributed by atoms with Gasteiger partial charge in [0.2, 0.25) is 0 Å². The first-order valence-electron chi connectivity index (χ1n) is 6.39. The summed E-state index contributed by atoms with van der Waals surface area (Å²) in [5.74, 6) is -0.524. The molecule has 3 N–H and O–H groups in total. The average molecular weight is 312 g/mol. The van der Waals surface area contributed by atoms with Gasteiger partial charge in [0, 0.05) is 24.3 Å². The molecule has 0 saturated heterocycles. The van der Waals surface area contributed by atoms with Gasteiger partial charge in [0.15, 0.2) is 0 Å². The minimum Gasteiger partial charge on any atom is -0.326 e. The van der Waals surface area contributed by atoms with E-state index in [0.29, 0.717) is 5.69 Å². The topological polar surface area (TPSA) is 90.0 Å². The molecule has 1 aromatic heterocycles. The molecule has 1 aromatic carbocycles. The summed E-state index contributed by atoms with van der Waals surface area (Å²) in [7, 11) is -3.80. The third-order valence-electron chi connectivity index (χ3n) is 2.93. The van der Waals surface area contributed by atoms with Gasteiger partial charge in [0.1, 0.15) is 5.82 Å². The molecule has 2 aromatic rings. The fourth-order valence-electron chi connectivity index (χ4n) is 1.76. The predicted molar refractivity (Wildman–Crippen MR) is 77.7 cm³/mol. The third kappa shape index (κ3) is 3.40. The number of hydrogen-bond donors (Lipinski definition) is 2. The van der Waals surface area contributed by atoms with E-state index in [9.17, 15) is 12.8 Å². The van der Waals surface area contributed by atoms with Gasteiger partial charge in [0.25, 0.3) is 10.0 Å². The molecule has 0 atom stereocenters. The maximum absolute atomic E-state index is 13.4. The van der Waals surface area contributed by atoms with Crippen LogP contribution in [-0.2, 0) is 16.6 Å². The van der Waals surface area contributed by atoms with Crippen LogP contribution < -0.4 is 10.5 Å². The second-order valence-electron chi connectivity index (χ2n) is 4.87. The normalized spacial score (nSPS) is 11.9. The summed E-state index contributed by atoms with van der Waals surface area (Å²) in [6, 6.07) is 3.64. The van der Waals surface area contributed by atoms with E-state index in [2.05, 4.69) is 9.82 Å². The van der Waals surface area contributed by atoms with Crippen LogP contribution in [0.2, 0.25) is 0 Å². The summed E-state index contributed by atoms with van der Waals surface area (Å²) in [5, 5.41) is 4.05. The van der Waals surface area contributed by atoms with E-state index in [4.69, 9.17) is 5.73 Å². The lowest BCUT2D eigenvalue weighted by Crippen LogP contribution is -2.14. The molecule has 0 aliphatic rings. The van der Waals surface area contributed by atoms with Gasteiger partial charge in [-0.15, -0.1) is 0 Å². The Morgan fingerprint density at radius 3 is 2.71 bits per heavy atom. The highest BCUT2D eigenvalue weighted by Crippen LogP contribution is 2.19. The first-order valence-corrected chi connectivity index (χ1v) is 7.87. The van der Waals surface area contributed by atoms with Crippen molar-refractivity contribution in [2.45, 2.75) is 31.3 Å². The lowest BCUT2D eigenvalue weighted by Gasteiger charge is -2.08. The third-order valence-corrected chi connectivity index (χ3v) is 4.31. The summed E-state index contributed by atoms with van der Waals surface area (Å²) in [6.07, 6.45) is 3.01. The lowest BCUT2D eigenvalue weighted by atomic mass is 10.2. The van der Waals surface area contributed by atoms with E-state index in [-0.39, 0.29) is 23.0 Å². The molecule has 2 rings (SSSR count). The van der Waals surface area contributed by atoms with Gasteiger partial charge in [-0.3, -0.25) is 9.40 Å². The minimum atomic E-state index is -3.80. The van der Waals surface area contributed by atoms with Crippen LogP contribution in [0.3, 0.4) is 0 Å². The fraction of sp³-hybridized carbons (Fsp3) is 0.308. The standard InChI is InChI=1S/C13H17FN4O2S/c1-9(2)18-8-11(7-16-18)17-21(19,20)12-3-4-13(14)10(5-12)6-15/h3-5,7-9,17H,6,15H2,1-2H3. The van der Waals surface area contributed by atoms with Gasteiger partial charge in [-0.05, 0) is 32.0 Å². The van der Waals surface area contributed by atoms with E-state index >= 15 is 0 Å². The number of nitrogens with zero attached hydrogens (tertiary/aromatic N) is 2. The maximum atomic E-state index is 13.4. The molecule has 0 saturated carbocycles. The summed E-state index contributed by atoms with van der Waals surface area (Å²) in [6.45, 7) is 3.79. The molecule has 21 heavy (non-hydrogen) atoms. The fourth-order valence-corrected chi connectivity index (χ4v) is 2.84. The van der Waals surface area contributed by atoms with Crippen molar-refractivity contribution in [2.75, 3.05) is 4.72 Å². The average Bonchev–Trinajstić information content (AvgIpc) is 2.87. The number of aromatic nitrogens is 2. The molecule has 8 heteroatoms. The van der Waals surface area contributed by atoms with Crippen molar-refractivity contribution in [3.05, 3.63) is 42.0 Å². The van der Waals surface area contributed by atoms with Crippen molar-refractivity contribution in [1.82, 2.24) is 9.78 Å². The van der Waals surface area contributed by atoms with Gasteiger partial charge >= 0.3 is 0 Å². The quantitative estimate of drug-likeness (QED) is 0.882. The molecule has 0 unspecified atom stereocenters. The molecule has 0 radical (unpaired) electrons. The SMILES string of the molecule is CC(C)n1cc(NS(=O)(=O)c2ccc(F)c(CN)c2)cn1. The molecular weight excluding hydrogens is 295 g/mol. The Bertz CT molecular complexity index is 740. The van der Waals surface area contributed by atoms with E-state index in [1.807, 2.05) is 13.8 Å². The van der Waals surface area contributed by atoms with Crippen LogP contribution in [0.15, 0.2) is 35.5 Å². The van der Waals surface area contributed by atoms with Crippen molar-refractivity contribution in [3.63, 3.8) is 0 Å². The highest BCUT2D eigenvalue weighted by molar-refractivity contribution is 7.92. The van der Waals surface area contributed by atoms with Crippen molar-refractivity contribution >= 4 is 15.7 Å². The second kappa shape index (κ2) is 5.82. The van der Waals surface area contributed by atoms with Crippen LogP contribution in [0, 0.1) is 5.82 Å². The Labute approximate surface area is 122 Å². The van der Waals surface area contributed by atoms with E-state index in [1.165, 1.54) is 18.3 Å². The number of nitrogens with two attached hydrogens (primary N) is 1. The van der Waals surface area contributed by atoms with Gasteiger partial charge < -0.3 is 5.73 Å². The van der Waals surface area contributed by atoms with Crippen LogP contribution in [0.1, 0.15) is 25.5 Å². The molecule has 1 heterocycles. The first kappa shape index (κ1) is 15.5. The molecule has 0 aliphatic heterocycles. The predicted octanol–water partition coefficient (Wildman–Crippen LogP) is 1.86. The van der Waals surface area contributed by atoms with E-state index in [1.54, 1.807) is 10.9 Å². The van der Waals surface area contributed by atoms with Gasteiger partial charge in [-0.2, -0.15) is 5.10 Å². The molecular formula is C13H17FN4O2S. The Hall–Kier alpha value is -1.93. The Kier molecular flexibility index (Phi) is 4.29. The number of sulfonamides is 1. The zero-order chi connectivity index (χ0) is 15.6. The highest BCUT2D eigenvalue weighted by Gasteiger charge is 2.17. The van der Waals surface area contributed by atoms with Crippen LogP contribution in [0.25, 0.3) is 0 Å². The van der Waals surface area contributed by atoms with Crippen LogP contribution in [0.4, 0.5) is 10.1 Å². The van der Waals surface area contributed by atoms with Crippen molar-refractivity contribution in [2.24, 2.45) is 5.73 Å². The Morgan fingerprint density at radius 2 is 2.14 bits per heavy atom. The summed E-state index contributed by atoms with van der Waals surface area (Å²) in [4.78, 5) is -0.0401. The molecule has 114 valence electrons. The maximum Gasteiger partial charge on any atom is 0.262 e. The molecule has 0 amide bonds.